The molecular weight excluding hydrogens is 384 g/mol. The fraction of sp³-hybridized carbons (Fsp3) is 0.588. The van der Waals surface area contributed by atoms with Crippen LogP contribution in [0.2, 0.25) is 0 Å². The van der Waals surface area contributed by atoms with Gasteiger partial charge in [-0.1, -0.05) is 10.3 Å². The maximum atomic E-state index is 11.2. The number of carbonyl (C=O) groups excluding carboxylic acids is 1. The molecule has 1 aliphatic heterocycles. The summed E-state index contributed by atoms with van der Waals surface area (Å²) < 4.78 is 15.2. The van der Waals surface area contributed by atoms with Gasteiger partial charge in [-0.25, -0.2) is 0 Å². The van der Waals surface area contributed by atoms with Gasteiger partial charge in [0, 0.05) is 26.2 Å². The monoisotopic (exact) mass is 408 g/mol. The van der Waals surface area contributed by atoms with Gasteiger partial charge >= 0.3 is 5.97 Å². The average molecular weight is 408 g/mol. The van der Waals surface area contributed by atoms with E-state index in [1.165, 1.54) is 7.11 Å². The lowest BCUT2D eigenvalue weighted by molar-refractivity contribution is -0.139. The zero-order chi connectivity index (χ0) is 20.1. The van der Waals surface area contributed by atoms with Crippen molar-refractivity contribution in [1.82, 2.24) is 30.4 Å². The quantitative estimate of drug-likeness (QED) is 0.563. The average Bonchev–Trinajstić information content (AvgIpc) is 3.18. The van der Waals surface area contributed by atoms with E-state index in [2.05, 4.69) is 35.2 Å². The van der Waals surface area contributed by atoms with Gasteiger partial charge in [0.1, 0.15) is 17.9 Å². The summed E-state index contributed by atoms with van der Waals surface area (Å²) in [6.45, 7) is 7.59. The minimum absolute atomic E-state index is 0.0723. The molecule has 2 aromatic rings. The molecule has 0 amide bonds. The van der Waals surface area contributed by atoms with Crippen LogP contribution in [0.1, 0.15) is 23.7 Å². The molecular formula is C17H24N6O4S. The minimum atomic E-state index is -0.343. The number of nitrogens with one attached hydrogen (secondary N) is 1. The van der Waals surface area contributed by atoms with Gasteiger partial charge in [0.2, 0.25) is 0 Å². The lowest BCUT2D eigenvalue weighted by atomic mass is 10.2. The molecule has 1 N–H and O–H groups in total. The number of aromatic nitrogens is 3. The third-order valence-electron chi connectivity index (χ3n) is 4.57. The highest BCUT2D eigenvalue weighted by molar-refractivity contribution is 7.80. The Labute approximate surface area is 168 Å². The number of methoxy groups -OCH3 is 1. The van der Waals surface area contributed by atoms with Crippen molar-refractivity contribution in [3.05, 3.63) is 17.3 Å². The fourth-order valence-electron chi connectivity index (χ4n) is 3.07. The van der Waals surface area contributed by atoms with Crippen LogP contribution in [0.4, 0.5) is 0 Å². The van der Waals surface area contributed by atoms with Gasteiger partial charge in [-0.15, -0.1) is 0 Å². The molecule has 1 aliphatic rings. The topological polar surface area (TPSA) is 110 Å². The summed E-state index contributed by atoms with van der Waals surface area (Å²) in [6, 6.07) is 0. The summed E-state index contributed by atoms with van der Waals surface area (Å²) in [6.07, 6.45) is 0.939. The first-order valence-electron chi connectivity index (χ1n) is 9.05. The predicted molar refractivity (Wildman–Crippen MR) is 103 cm³/mol. The van der Waals surface area contributed by atoms with E-state index in [-0.39, 0.29) is 12.5 Å². The van der Waals surface area contributed by atoms with Crippen molar-refractivity contribution in [2.24, 2.45) is 0 Å². The van der Waals surface area contributed by atoms with E-state index in [9.17, 15) is 4.79 Å². The van der Waals surface area contributed by atoms with Crippen molar-refractivity contribution >= 4 is 23.3 Å². The van der Waals surface area contributed by atoms with Crippen LogP contribution in [0.3, 0.4) is 0 Å². The van der Waals surface area contributed by atoms with E-state index in [1.807, 2.05) is 13.8 Å². The summed E-state index contributed by atoms with van der Waals surface area (Å²) in [7, 11) is 1.35. The normalized spacial score (nSPS) is 15.3. The molecule has 0 atom stereocenters. The molecule has 2 aromatic heterocycles. The van der Waals surface area contributed by atoms with E-state index >= 15 is 0 Å². The smallest absolute Gasteiger partial charge is 0.325 e. The van der Waals surface area contributed by atoms with Crippen molar-refractivity contribution in [2.45, 2.75) is 26.8 Å². The Hall–Kier alpha value is -2.53. The van der Waals surface area contributed by atoms with Crippen molar-refractivity contribution < 1.29 is 18.6 Å². The van der Waals surface area contributed by atoms with Gasteiger partial charge in [0.25, 0.3) is 5.89 Å². The largest absolute Gasteiger partial charge is 0.468 e. The molecule has 3 rings (SSSR count). The first kappa shape index (κ1) is 20.2. The van der Waals surface area contributed by atoms with E-state index in [0.717, 1.165) is 43.9 Å². The van der Waals surface area contributed by atoms with Gasteiger partial charge in [0.05, 0.1) is 19.3 Å². The summed E-state index contributed by atoms with van der Waals surface area (Å²) in [5.41, 5.74) is 1.48. The highest BCUT2D eigenvalue weighted by atomic mass is 32.1. The first-order chi connectivity index (χ1) is 13.5. The van der Waals surface area contributed by atoms with Crippen LogP contribution in [0.25, 0.3) is 11.5 Å². The third kappa shape index (κ3) is 4.84. The number of esters is 1. The molecule has 0 spiro atoms. The molecule has 0 radical (unpaired) electrons. The molecule has 152 valence electrons. The van der Waals surface area contributed by atoms with Crippen LogP contribution in [0, 0.1) is 13.8 Å². The zero-order valence-electron chi connectivity index (χ0n) is 16.2. The van der Waals surface area contributed by atoms with Crippen LogP contribution in [-0.4, -0.2) is 76.0 Å². The second-order valence-corrected chi connectivity index (χ2v) is 6.95. The maximum absolute atomic E-state index is 11.2. The molecule has 3 heterocycles. The molecule has 0 aromatic carbocycles. The van der Waals surface area contributed by atoms with Crippen LogP contribution < -0.4 is 5.32 Å². The first-order valence-corrected chi connectivity index (χ1v) is 9.46. The van der Waals surface area contributed by atoms with Crippen molar-refractivity contribution in [1.29, 1.82) is 0 Å². The number of hydrogen-bond donors (Lipinski definition) is 1. The number of thiocarbonyl (C=S) groups is 1. The molecule has 1 saturated heterocycles. The van der Waals surface area contributed by atoms with E-state index in [1.54, 1.807) is 0 Å². The molecule has 10 nitrogen and oxygen atoms in total. The Bertz CT molecular complexity index is 816. The number of nitrogens with zero attached hydrogens (tertiary/aromatic N) is 5. The number of aryl methyl sites for hydroxylation is 2. The lowest BCUT2D eigenvalue weighted by Gasteiger charge is -2.24. The molecule has 0 saturated carbocycles. The summed E-state index contributed by atoms with van der Waals surface area (Å²) in [5.74, 6) is 1.36. The highest BCUT2D eigenvalue weighted by Gasteiger charge is 2.21. The molecule has 1 fully saturated rings. The standard InChI is InChI=1S/C17H24N6O4S/c1-11-15(12(2)26-20-11)16-19-13(21-27-16)10-22-5-4-6-23(8-7-22)17(28)18-9-14(24)25-3/h4-10H2,1-3H3,(H,18,28). The highest BCUT2D eigenvalue weighted by Crippen LogP contribution is 2.25. The maximum Gasteiger partial charge on any atom is 0.325 e. The fourth-order valence-corrected chi connectivity index (χ4v) is 3.33. The Morgan fingerprint density at radius 2 is 2.04 bits per heavy atom. The Morgan fingerprint density at radius 1 is 1.21 bits per heavy atom. The van der Waals surface area contributed by atoms with Crippen molar-refractivity contribution in [3.63, 3.8) is 0 Å². The summed E-state index contributed by atoms with van der Waals surface area (Å²) in [5, 5.41) is 11.5. The number of rotatable bonds is 5. The lowest BCUT2D eigenvalue weighted by Crippen LogP contribution is -2.43. The second kappa shape index (κ2) is 9.11. The van der Waals surface area contributed by atoms with Crippen molar-refractivity contribution in [2.75, 3.05) is 39.8 Å². The van der Waals surface area contributed by atoms with Crippen molar-refractivity contribution in [3.8, 4) is 11.5 Å². The van der Waals surface area contributed by atoms with Gasteiger partial charge in [0.15, 0.2) is 10.9 Å². The summed E-state index contributed by atoms with van der Waals surface area (Å²) >= 11 is 5.38. The SMILES string of the molecule is COC(=O)CNC(=S)N1CCCN(Cc2noc(-c3c(C)noc3C)n2)CC1. The van der Waals surface area contributed by atoms with Crippen LogP contribution in [0.5, 0.6) is 0 Å². The molecule has 28 heavy (non-hydrogen) atoms. The van der Waals surface area contributed by atoms with E-state index < -0.39 is 0 Å². The third-order valence-corrected chi connectivity index (χ3v) is 4.97. The Morgan fingerprint density at radius 3 is 2.75 bits per heavy atom. The predicted octanol–water partition coefficient (Wildman–Crippen LogP) is 0.897. The van der Waals surface area contributed by atoms with Gasteiger partial charge < -0.3 is 24.0 Å². The van der Waals surface area contributed by atoms with Gasteiger partial charge in [-0.3, -0.25) is 9.69 Å². The van der Waals surface area contributed by atoms with Crippen LogP contribution in [-0.2, 0) is 16.1 Å². The number of hydrogen-bond acceptors (Lipinski definition) is 9. The van der Waals surface area contributed by atoms with Crippen LogP contribution in [0.15, 0.2) is 9.05 Å². The van der Waals surface area contributed by atoms with Gasteiger partial charge in [-0.05, 0) is 32.5 Å². The number of ether oxygens (including phenoxy) is 1. The number of carbonyl (C=O) groups is 1. The van der Waals surface area contributed by atoms with Crippen LogP contribution >= 0.6 is 12.2 Å². The summed E-state index contributed by atoms with van der Waals surface area (Å²) in [4.78, 5) is 20.1. The molecule has 0 aliphatic carbocycles. The molecule has 0 unspecified atom stereocenters. The zero-order valence-corrected chi connectivity index (χ0v) is 17.0. The Balaban J connectivity index is 1.54. The van der Waals surface area contributed by atoms with Gasteiger partial charge in [-0.2, -0.15) is 4.98 Å². The second-order valence-electron chi connectivity index (χ2n) is 6.57. The van der Waals surface area contributed by atoms with E-state index in [0.29, 0.717) is 29.1 Å². The molecule has 11 heteroatoms. The Kier molecular flexibility index (Phi) is 6.57. The minimum Gasteiger partial charge on any atom is -0.468 e. The molecule has 0 bridgehead atoms. The van der Waals surface area contributed by atoms with E-state index in [4.69, 9.17) is 21.3 Å².